The van der Waals surface area contributed by atoms with Gasteiger partial charge in [0, 0.05) is 17.5 Å². The fourth-order valence-corrected chi connectivity index (χ4v) is 2.87. The second-order valence-electron chi connectivity index (χ2n) is 5.02. The topological polar surface area (TPSA) is 46.1 Å². The third kappa shape index (κ3) is 3.24. The van der Waals surface area contributed by atoms with Crippen LogP contribution in [0.5, 0.6) is 0 Å². The molecule has 1 aromatic carbocycles. The highest BCUT2D eigenvalue weighted by molar-refractivity contribution is 9.10. The number of carbonyl (C=O) groups excluding carboxylic acids is 1. The predicted octanol–water partition coefficient (Wildman–Crippen LogP) is 3.49. The van der Waals surface area contributed by atoms with Gasteiger partial charge in [0.2, 0.25) is 5.91 Å². The Morgan fingerprint density at radius 3 is 2.57 bits per heavy atom. The molecule has 1 amide bonds. The first-order valence-corrected chi connectivity index (χ1v) is 7.84. The minimum absolute atomic E-state index is 0.00909. The van der Waals surface area contributed by atoms with E-state index in [1.807, 2.05) is 24.3 Å². The number of halogens is 2. The Morgan fingerprint density at radius 2 is 1.90 bits per heavy atom. The Bertz CT molecular complexity index is 645. The van der Waals surface area contributed by atoms with Crippen molar-refractivity contribution in [2.45, 2.75) is 12.8 Å². The molecule has 21 heavy (non-hydrogen) atoms. The van der Waals surface area contributed by atoms with Gasteiger partial charge in [0.25, 0.3) is 0 Å². The van der Waals surface area contributed by atoms with Gasteiger partial charge < -0.3 is 4.90 Å². The van der Waals surface area contributed by atoms with E-state index >= 15 is 0 Å². The molecule has 0 radical (unpaired) electrons. The average Bonchev–Trinajstić information content (AvgIpc) is 2.84. The molecule has 1 aliphatic rings. The summed E-state index contributed by atoms with van der Waals surface area (Å²) in [6.45, 7) is 0.710. The number of hydrogen-bond donors (Lipinski definition) is 0. The van der Waals surface area contributed by atoms with Gasteiger partial charge in [0.15, 0.2) is 4.73 Å². The molecule has 1 aliphatic heterocycles. The summed E-state index contributed by atoms with van der Waals surface area (Å²) in [7, 11) is 0. The Labute approximate surface area is 136 Å². The van der Waals surface area contributed by atoms with E-state index in [1.54, 1.807) is 17.3 Å². The lowest BCUT2D eigenvalue weighted by atomic mass is 9.98. The number of hydrogen-bond acceptors (Lipinski definition) is 3. The highest BCUT2D eigenvalue weighted by Crippen LogP contribution is 2.27. The summed E-state index contributed by atoms with van der Waals surface area (Å²) < 4.78 is 0.524. The molecule has 1 fully saturated rings. The summed E-state index contributed by atoms with van der Waals surface area (Å²) in [6.07, 6.45) is 4.92. The number of aromatic nitrogens is 2. The molecule has 4 nitrogen and oxygen atoms in total. The summed E-state index contributed by atoms with van der Waals surface area (Å²) in [5.41, 5.74) is 1.88. The van der Waals surface area contributed by atoms with Gasteiger partial charge in [0.1, 0.15) is 0 Å². The monoisotopic (exact) mass is 365 g/mol. The molecule has 0 aliphatic carbocycles. The van der Waals surface area contributed by atoms with Crippen molar-refractivity contribution in [1.82, 2.24) is 9.97 Å². The Morgan fingerprint density at radius 1 is 1.24 bits per heavy atom. The van der Waals surface area contributed by atoms with E-state index in [9.17, 15) is 4.79 Å². The van der Waals surface area contributed by atoms with Crippen LogP contribution in [-0.2, 0) is 11.2 Å². The zero-order chi connectivity index (χ0) is 14.8. The first-order valence-electron chi connectivity index (χ1n) is 6.67. The van der Waals surface area contributed by atoms with E-state index in [0.29, 0.717) is 16.3 Å². The zero-order valence-corrected chi connectivity index (χ0v) is 13.5. The highest BCUT2D eigenvalue weighted by atomic mass is 79.9. The molecule has 2 aromatic rings. The number of anilines is 1. The van der Waals surface area contributed by atoms with Gasteiger partial charge in [-0.3, -0.25) is 4.79 Å². The molecular formula is C15H13BrClN3O. The van der Waals surface area contributed by atoms with Crippen molar-refractivity contribution < 1.29 is 4.79 Å². The Balaban J connectivity index is 1.71. The third-order valence-corrected chi connectivity index (χ3v) is 4.29. The molecule has 3 rings (SSSR count). The van der Waals surface area contributed by atoms with Crippen LogP contribution in [0.25, 0.3) is 0 Å². The largest absolute Gasteiger partial charge is 0.309 e. The maximum Gasteiger partial charge on any atom is 0.230 e. The van der Waals surface area contributed by atoms with E-state index in [1.165, 1.54) is 0 Å². The smallest absolute Gasteiger partial charge is 0.230 e. The first kappa shape index (κ1) is 14.5. The van der Waals surface area contributed by atoms with Crippen molar-refractivity contribution in [2.24, 2.45) is 5.92 Å². The molecular weight excluding hydrogens is 354 g/mol. The SMILES string of the molecule is O=C1C(Cc2ccc(Cl)cc2)CCN1c1cnc(Br)nc1. The van der Waals surface area contributed by atoms with Gasteiger partial charge >= 0.3 is 0 Å². The van der Waals surface area contributed by atoms with Crippen LogP contribution >= 0.6 is 27.5 Å². The second kappa shape index (κ2) is 6.12. The van der Waals surface area contributed by atoms with E-state index in [4.69, 9.17) is 11.6 Å². The van der Waals surface area contributed by atoms with Gasteiger partial charge in [-0.1, -0.05) is 23.7 Å². The van der Waals surface area contributed by atoms with Crippen molar-refractivity contribution in [1.29, 1.82) is 0 Å². The summed E-state index contributed by atoms with van der Waals surface area (Å²) in [5, 5.41) is 0.713. The predicted molar refractivity (Wildman–Crippen MR) is 85.3 cm³/mol. The van der Waals surface area contributed by atoms with E-state index < -0.39 is 0 Å². The molecule has 1 unspecified atom stereocenters. The zero-order valence-electron chi connectivity index (χ0n) is 11.2. The average molecular weight is 367 g/mol. The fourth-order valence-electron chi connectivity index (χ4n) is 2.53. The molecule has 1 atom stereocenters. The van der Waals surface area contributed by atoms with Crippen LogP contribution in [0.15, 0.2) is 41.4 Å². The molecule has 0 N–H and O–H groups in total. The summed E-state index contributed by atoms with van der Waals surface area (Å²) in [6, 6.07) is 7.66. The standard InChI is InChI=1S/C15H13BrClN3O/c16-15-18-8-13(9-19-15)20-6-5-11(14(20)21)7-10-1-3-12(17)4-2-10/h1-4,8-9,11H,5-7H2. The lowest BCUT2D eigenvalue weighted by Crippen LogP contribution is -2.27. The quantitative estimate of drug-likeness (QED) is 0.781. The van der Waals surface area contributed by atoms with Crippen molar-refractivity contribution >= 4 is 39.1 Å². The van der Waals surface area contributed by atoms with Crippen LogP contribution in [-0.4, -0.2) is 22.4 Å². The Hall–Kier alpha value is -1.46. The fraction of sp³-hybridized carbons (Fsp3) is 0.267. The number of amides is 1. The van der Waals surface area contributed by atoms with Crippen molar-refractivity contribution in [2.75, 3.05) is 11.4 Å². The summed E-state index contributed by atoms with van der Waals surface area (Å²) in [5.74, 6) is 0.144. The first-order chi connectivity index (χ1) is 10.1. The maximum atomic E-state index is 12.5. The maximum absolute atomic E-state index is 12.5. The van der Waals surface area contributed by atoms with Crippen molar-refractivity contribution in [3.63, 3.8) is 0 Å². The van der Waals surface area contributed by atoms with Crippen LogP contribution in [0.1, 0.15) is 12.0 Å². The molecule has 0 spiro atoms. The molecule has 1 aromatic heterocycles. The normalized spacial score (nSPS) is 18.3. The minimum atomic E-state index is 0.00909. The Kier molecular flexibility index (Phi) is 4.22. The number of benzene rings is 1. The number of nitrogens with zero attached hydrogens (tertiary/aromatic N) is 3. The van der Waals surface area contributed by atoms with Crippen LogP contribution in [0.3, 0.4) is 0 Å². The van der Waals surface area contributed by atoms with Gasteiger partial charge in [-0.05, 0) is 46.5 Å². The molecule has 1 saturated heterocycles. The van der Waals surface area contributed by atoms with Crippen LogP contribution in [0.2, 0.25) is 5.02 Å². The van der Waals surface area contributed by atoms with Gasteiger partial charge in [-0.25, -0.2) is 9.97 Å². The second-order valence-corrected chi connectivity index (χ2v) is 6.16. The van der Waals surface area contributed by atoms with Crippen molar-refractivity contribution in [3.05, 3.63) is 52.0 Å². The molecule has 2 heterocycles. The van der Waals surface area contributed by atoms with Crippen molar-refractivity contribution in [3.8, 4) is 0 Å². The minimum Gasteiger partial charge on any atom is -0.309 e. The summed E-state index contributed by atoms with van der Waals surface area (Å²) in [4.78, 5) is 22.4. The van der Waals surface area contributed by atoms with Gasteiger partial charge in [-0.2, -0.15) is 0 Å². The van der Waals surface area contributed by atoms with Gasteiger partial charge in [0.05, 0.1) is 18.1 Å². The molecule has 108 valence electrons. The summed E-state index contributed by atoms with van der Waals surface area (Å²) >= 11 is 9.07. The third-order valence-electron chi connectivity index (χ3n) is 3.63. The lowest BCUT2D eigenvalue weighted by molar-refractivity contribution is -0.120. The van der Waals surface area contributed by atoms with Crippen LogP contribution in [0, 0.1) is 5.92 Å². The molecule has 6 heteroatoms. The van der Waals surface area contributed by atoms with E-state index in [-0.39, 0.29) is 11.8 Å². The molecule has 0 bridgehead atoms. The van der Waals surface area contributed by atoms with Gasteiger partial charge in [-0.15, -0.1) is 0 Å². The van der Waals surface area contributed by atoms with E-state index in [0.717, 1.165) is 24.1 Å². The van der Waals surface area contributed by atoms with E-state index in [2.05, 4.69) is 25.9 Å². The lowest BCUT2D eigenvalue weighted by Gasteiger charge is -2.16. The number of carbonyl (C=O) groups is 1. The van der Waals surface area contributed by atoms with Crippen LogP contribution in [0.4, 0.5) is 5.69 Å². The molecule has 0 saturated carbocycles. The van der Waals surface area contributed by atoms with Crippen LogP contribution < -0.4 is 4.90 Å². The number of rotatable bonds is 3. The highest BCUT2D eigenvalue weighted by Gasteiger charge is 2.32.